The Morgan fingerprint density at radius 3 is 2.95 bits per heavy atom. The van der Waals surface area contributed by atoms with Crippen molar-refractivity contribution in [2.24, 2.45) is 0 Å². The molecule has 0 fully saturated rings. The van der Waals surface area contributed by atoms with Gasteiger partial charge in [0.2, 0.25) is 0 Å². The van der Waals surface area contributed by atoms with Crippen molar-refractivity contribution in [2.75, 3.05) is 31.4 Å². The van der Waals surface area contributed by atoms with Crippen LogP contribution in [0.3, 0.4) is 0 Å². The number of anilines is 2. The average Bonchev–Trinajstić information content (AvgIpc) is 2.43. The van der Waals surface area contributed by atoms with Gasteiger partial charge in [0, 0.05) is 48.3 Å². The normalized spacial score (nSPS) is 12.5. The lowest BCUT2D eigenvalue weighted by Crippen LogP contribution is -2.26. The summed E-state index contributed by atoms with van der Waals surface area (Å²) in [5, 5.41) is 14.4. The molecule has 4 N–H and O–H groups in total. The first kappa shape index (κ1) is 13.6. The number of hydrogen-bond donors (Lipinski definition) is 3. The Morgan fingerprint density at radius 2 is 2.21 bits per heavy atom. The number of aliphatic hydroxyl groups excluding tert-OH is 1. The molecule has 102 valence electrons. The van der Waals surface area contributed by atoms with E-state index in [9.17, 15) is 0 Å². The van der Waals surface area contributed by atoms with Crippen LogP contribution in [0.15, 0.2) is 30.6 Å². The first-order chi connectivity index (χ1) is 9.26. The van der Waals surface area contributed by atoms with E-state index in [4.69, 9.17) is 15.6 Å². The van der Waals surface area contributed by atoms with Gasteiger partial charge in [0.15, 0.2) is 0 Å². The molecule has 2 aromatic rings. The SMILES string of the molecule is COCC(CCO)Nc1ccc(N)c2cnccc12. The molecule has 0 bridgehead atoms. The van der Waals surface area contributed by atoms with Crippen molar-refractivity contribution in [3.8, 4) is 0 Å². The van der Waals surface area contributed by atoms with Crippen molar-refractivity contribution in [3.63, 3.8) is 0 Å². The van der Waals surface area contributed by atoms with Crippen LogP contribution in [0.25, 0.3) is 10.8 Å². The van der Waals surface area contributed by atoms with Crippen molar-refractivity contribution in [3.05, 3.63) is 30.6 Å². The molecular weight excluding hydrogens is 242 g/mol. The summed E-state index contributed by atoms with van der Waals surface area (Å²) in [7, 11) is 1.65. The zero-order chi connectivity index (χ0) is 13.7. The summed E-state index contributed by atoms with van der Waals surface area (Å²) in [6.45, 7) is 0.660. The van der Waals surface area contributed by atoms with Crippen LogP contribution >= 0.6 is 0 Å². The number of pyridine rings is 1. The Bertz CT molecular complexity index is 539. The van der Waals surface area contributed by atoms with Crippen LogP contribution in [0.1, 0.15) is 6.42 Å². The Morgan fingerprint density at radius 1 is 1.37 bits per heavy atom. The summed E-state index contributed by atoms with van der Waals surface area (Å²) < 4.78 is 5.15. The van der Waals surface area contributed by atoms with Crippen molar-refractivity contribution >= 4 is 22.1 Å². The fourth-order valence-electron chi connectivity index (χ4n) is 2.11. The van der Waals surface area contributed by atoms with Gasteiger partial charge in [-0.1, -0.05) is 0 Å². The third kappa shape index (κ3) is 3.13. The molecule has 5 nitrogen and oxygen atoms in total. The van der Waals surface area contributed by atoms with E-state index in [-0.39, 0.29) is 12.6 Å². The molecule has 0 saturated carbocycles. The zero-order valence-electron chi connectivity index (χ0n) is 11.0. The van der Waals surface area contributed by atoms with Gasteiger partial charge >= 0.3 is 0 Å². The first-order valence-corrected chi connectivity index (χ1v) is 6.24. The van der Waals surface area contributed by atoms with Gasteiger partial charge in [0.1, 0.15) is 0 Å². The van der Waals surface area contributed by atoms with Gasteiger partial charge in [0.05, 0.1) is 12.6 Å². The molecule has 1 heterocycles. The number of benzene rings is 1. The van der Waals surface area contributed by atoms with E-state index in [1.54, 1.807) is 19.5 Å². The number of nitrogens with one attached hydrogen (secondary N) is 1. The second-order valence-corrected chi connectivity index (χ2v) is 4.43. The standard InChI is InChI=1S/C14H19N3O2/c1-19-9-10(5-7-18)17-14-3-2-13(15)12-8-16-6-4-11(12)14/h2-4,6,8,10,17-18H,5,7,9,15H2,1H3. The highest BCUT2D eigenvalue weighted by atomic mass is 16.5. The molecule has 5 heteroatoms. The summed E-state index contributed by atoms with van der Waals surface area (Å²) in [6.07, 6.45) is 4.13. The number of methoxy groups -OCH3 is 1. The molecule has 1 aromatic carbocycles. The predicted octanol–water partition coefficient (Wildman–Crippen LogP) is 1.63. The maximum Gasteiger partial charge on any atom is 0.0664 e. The zero-order valence-corrected chi connectivity index (χ0v) is 11.0. The third-order valence-electron chi connectivity index (χ3n) is 3.06. The molecule has 0 spiro atoms. The fourth-order valence-corrected chi connectivity index (χ4v) is 2.11. The maximum atomic E-state index is 9.07. The number of nitrogens with two attached hydrogens (primary N) is 1. The molecule has 1 unspecified atom stereocenters. The molecule has 0 amide bonds. The van der Waals surface area contributed by atoms with E-state index in [1.807, 2.05) is 18.2 Å². The lowest BCUT2D eigenvalue weighted by molar-refractivity contribution is 0.170. The van der Waals surface area contributed by atoms with Crippen LogP contribution < -0.4 is 11.1 Å². The van der Waals surface area contributed by atoms with Crippen molar-refractivity contribution in [1.29, 1.82) is 0 Å². The number of fused-ring (bicyclic) bond motifs is 1. The smallest absolute Gasteiger partial charge is 0.0664 e. The number of ether oxygens (including phenoxy) is 1. The van der Waals surface area contributed by atoms with Gasteiger partial charge in [-0.05, 0) is 24.6 Å². The highest BCUT2D eigenvalue weighted by molar-refractivity contribution is 6.00. The van der Waals surface area contributed by atoms with E-state index in [0.717, 1.165) is 16.5 Å². The molecule has 19 heavy (non-hydrogen) atoms. The second-order valence-electron chi connectivity index (χ2n) is 4.43. The molecule has 1 atom stereocenters. The minimum atomic E-state index is 0.0648. The summed E-state index contributed by atoms with van der Waals surface area (Å²) in [5.41, 5.74) is 7.62. The summed E-state index contributed by atoms with van der Waals surface area (Å²) in [4.78, 5) is 4.09. The van der Waals surface area contributed by atoms with Crippen LogP contribution in [-0.4, -0.2) is 36.5 Å². The van der Waals surface area contributed by atoms with Crippen molar-refractivity contribution < 1.29 is 9.84 Å². The number of aliphatic hydroxyl groups is 1. The quantitative estimate of drug-likeness (QED) is 0.689. The number of nitrogens with zero attached hydrogens (tertiary/aromatic N) is 1. The van der Waals surface area contributed by atoms with Gasteiger partial charge in [-0.2, -0.15) is 0 Å². The maximum absolute atomic E-state index is 9.07. The predicted molar refractivity (Wildman–Crippen MR) is 77.1 cm³/mol. The van der Waals surface area contributed by atoms with Gasteiger partial charge in [0.25, 0.3) is 0 Å². The van der Waals surface area contributed by atoms with Crippen LogP contribution in [0.5, 0.6) is 0 Å². The highest BCUT2D eigenvalue weighted by Gasteiger charge is 2.10. The Hall–Kier alpha value is -1.85. The lowest BCUT2D eigenvalue weighted by atomic mass is 10.1. The van der Waals surface area contributed by atoms with E-state index >= 15 is 0 Å². The summed E-state index contributed by atoms with van der Waals surface area (Å²) in [6, 6.07) is 5.79. The Balaban J connectivity index is 2.31. The second kappa shape index (κ2) is 6.36. The van der Waals surface area contributed by atoms with Crippen molar-refractivity contribution in [2.45, 2.75) is 12.5 Å². The van der Waals surface area contributed by atoms with Crippen LogP contribution in [0.4, 0.5) is 11.4 Å². The molecule has 0 saturated heterocycles. The number of nitrogen functional groups attached to an aromatic ring is 1. The Labute approximate surface area is 112 Å². The van der Waals surface area contributed by atoms with E-state index in [1.165, 1.54) is 0 Å². The van der Waals surface area contributed by atoms with E-state index in [2.05, 4.69) is 10.3 Å². The van der Waals surface area contributed by atoms with Gasteiger partial charge < -0.3 is 20.9 Å². The molecule has 2 rings (SSSR count). The number of aromatic nitrogens is 1. The van der Waals surface area contributed by atoms with Gasteiger partial charge in [-0.15, -0.1) is 0 Å². The van der Waals surface area contributed by atoms with Crippen LogP contribution in [-0.2, 0) is 4.74 Å². The van der Waals surface area contributed by atoms with E-state index < -0.39 is 0 Å². The molecule has 0 aliphatic rings. The fraction of sp³-hybridized carbons (Fsp3) is 0.357. The molecular formula is C14H19N3O2. The largest absolute Gasteiger partial charge is 0.398 e. The van der Waals surface area contributed by atoms with Crippen LogP contribution in [0.2, 0.25) is 0 Å². The summed E-state index contributed by atoms with van der Waals surface area (Å²) >= 11 is 0. The monoisotopic (exact) mass is 261 g/mol. The lowest BCUT2D eigenvalue weighted by Gasteiger charge is -2.19. The van der Waals surface area contributed by atoms with Crippen molar-refractivity contribution in [1.82, 2.24) is 4.98 Å². The van der Waals surface area contributed by atoms with E-state index in [0.29, 0.717) is 18.7 Å². The topological polar surface area (TPSA) is 80.4 Å². The van der Waals surface area contributed by atoms with Gasteiger partial charge in [-0.3, -0.25) is 4.98 Å². The molecule has 0 aliphatic carbocycles. The Kier molecular flexibility index (Phi) is 4.54. The summed E-state index contributed by atoms with van der Waals surface area (Å²) in [5.74, 6) is 0. The minimum absolute atomic E-state index is 0.0648. The molecule has 1 aromatic heterocycles. The number of hydrogen-bond acceptors (Lipinski definition) is 5. The molecule has 0 radical (unpaired) electrons. The highest BCUT2D eigenvalue weighted by Crippen LogP contribution is 2.28. The minimum Gasteiger partial charge on any atom is -0.398 e. The molecule has 0 aliphatic heterocycles. The van der Waals surface area contributed by atoms with Crippen LogP contribution in [0, 0.1) is 0 Å². The number of rotatable bonds is 6. The van der Waals surface area contributed by atoms with Gasteiger partial charge in [-0.25, -0.2) is 0 Å². The average molecular weight is 261 g/mol. The third-order valence-corrected chi connectivity index (χ3v) is 3.06. The first-order valence-electron chi connectivity index (χ1n) is 6.24.